The van der Waals surface area contributed by atoms with E-state index >= 15 is 0 Å². The summed E-state index contributed by atoms with van der Waals surface area (Å²) >= 11 is 0. The van der Waals surface area contributed by atoms with Crippen LogP contribution in [0.5, 0.6) is 0 Å². The van der Waals surface area contributed by atoms with Crippen LogP contribution in [0.25, 0.3) is 5.69 Å². The molecular formula is C18H17FN8. The Balaban J connectivity index is 1.45. The summed E-state index contributed by atoms with van der Waals surface area (Å²) in [5, 5.41) is 11.8. The van der Waals surface area contributed by atoms with Crippen LogP contribution < -0.4 is 16.0 Å². The second-order valence-corrected chi connectivity index (χ2v) is 6.29. The molecule has 27 heavy (non-hydrogen) atoms. The molecule has 1 aromatic carbocycles. The Labute approximate surface area is 155 Å². The van der Waals surface area contributed by atoms with Gasteiger partial charge in [-0.25, -0.2) is 19.3 Å². The average Bonchev–Trinajstić information content (AvgIpc) is 3.29. The second-order valence-electron chi connectivity index (χ2n) is 6.29. The van der Waals surface area contributed by atoms with Crippen LogP contribution in [0.2, 0.25) is 0 Å². The molecule has 2 atom stereocenters. The van der Waals surface area contributed by atoms with E-state index in [4.69, 9.17) is 11.0 Å². The van der Waals surface area contributed by atoms with Gasteiger partial charge in [0.05, 0.1) is 31.2 Å². The number of nitrogens with two attached hydrogens (primary N) is 1. The van der Waals surface area contributed by atoms with Gasteiger partial charge in [-0.05, 0) is 24.3 Å². The van der Waals surface area contributed by atoms with Gasteiger partial charge >= 0.3 is 0 Å². The smallest absolute Gasteiger partial charge is 0.158 e. The molecule has 0 radical (unpaired) electrons. The van der Waals surface area contributed by atoms with Crippen molar-refractivity contribution in [1.29, 1.82) is 5.26 Å². The highest BCUT2D eigenvalue weighted by molar-refractivity contribution is 5.54. The van der Waals surface area contributed by atoms with Crippen molar-refractivity contribution in [1.82, 2.24) is 19.5 Å². The largest absolute Gasteiger partial charge is 0.367 e. The molecular weight excluding hydrogens is 347 g/mol. The predicted octanol–water partition coefficient (Wildman–Crippen LogP) is 1.76. The van der Waals surface area contributed by atoms with E-state index in [-0.39, 0.29) is 5.69 Å². The molecule has 4 rings (SSSR count). The number of halogens is 1. The summed E-state index contributed by atoms with van der Waals surface area (Å²) in [5.74, 6) is 1.10. The van der Waals surface area contributed by atoms with E-state index < -0.39 is 12.2 Å². The molecule has 1 saturated heterocycles. The molecule has 1 aliphatic rings. The molecule has 0 aliphatic carbocycles. The minimum absolute atomic E-state index is 0.254. The lowest BCUT2D eigenvalue weighted by molar-refractivity contribution is 0.333. The van der Waals surface area contributed by atoms with E-state index in [1.165, 1.54) is 12.4 Å². The number of nitrogens with zero attached hydrogens (tertiary/aromatic N) is 6. The fourth-order valence-corrected chi connectivity index (χ4v) is 2.95. The lowest BCUT2D eigenvalue weighted by Crippen LogP contribution is -2.30. The standard InChI is InChI=1S/C18H17FN8/c19-15-8-26(9-16(15)21)13-1-3-14(4-2-13)27-10-18(24-11-27)25-17-7-22-12(5-20)6-23-17/h1-4,6-7,10-11,15-16H,8-9,21H2,(H,23,25)/t15-,16-/m0/s1. The third-order valence-electron chi connectivity index (χ3n) is 4.41. The fraction of sp³-hybridized carbons (Fsp3) is 0.222. The molecule has 1 fully saturated rings. The Bertz CT molecular complexity index is 950. The topological polar surface area (TPSA) is 109 Å². The molecule has 3 N–H and O–H groups in total. The maximum Gasteiger partial charge on any atom is 0.158 e. The van der Waals surface area contributed by atoms with Crippen molar-refractivity contribution in [2.45, 2.75) is 12.2 Å². The first-order valence-corrected chi connectivity index (χ1v) is 8.40. The normalized spacial score (nSPS) is 19.1. The van der Waals surface area contributed by atoms with Crippen molar-refractivity contribution in [3.05, 3.63) is 54.9 Å². The number of anilines is 3. The Morgan fingerprint density at radius 3 is 2.48 bits per heavy atom. The number of imidazole rings is 1. The van der Waals surface area contributed by atoms with Gasteiger partial charge in [-0.2, -0.15) is 5.26 Å². The Morgan fingerprint density at radius 2 is 1.85 bits per heavy atom. The number of benzene rings is 1. The summed E-state index contributed by atoms with van der Waals surface area (Å²) < 4.78 is 15.5. The van der Waals surface area contributed by atoms with Crippen molar-refractivity contribution in [2.75, 3.05) is 23.3 Å². The zero-order valence-corrected chi connectivity index (χ0v) is 14.3. The van der Waals surface area contributed by atoms with Crippen molar-refractivity contribution >= 4 is 17.3 Å². The first-order valence-electron chi connectivity index (χ1n) is 8.40. The first-order chi connectivity index (χ1) is 13.1. The number of aromatic nitrogens is 4. The predicted molar refractivity (Wildman–Crippen MR) is 98.7 cm³/mol. The molecule has 9 heteroatoms. The van der Waals surface area contributed by atoms with Crippen LogP contribution >= 0.6 is 0 Å². The molecule has 0 saturated carbocycles. The van der Waals surface area contributed by atoms with Crippen molar-refractivity contribution in [2.24, 2.45) is 5.73 Å². The van der Waals surface area contributed by atoms with E-state index in [0.717, 1.165) is 11.4 Å². The second kappa shape index (κ2) is 7.01. The van der Waals surface area contributed by atoms with Gasteiger partial charge in [0, 0.05) is 17.9 Å². The van der Waals surface area contributed by atoms with E-state index in [1.54, 1.807) is 6.33 Å². The van der Waals surface area contributed by atoms with Gasteiger partial charge in [-0.15, -0.1) is 0 Å². The van der Waals surface area contributed by atoms with Crippen LogP contribution in [0.4, 0.5) is 21.7 Å². The van der Waals surface area contributed by atoms with Crippen LogP contribution in [0.3, 0.4) is 0 Å². The zero-order valence-electron chi connectivity index (χ0n) is 14.3. The van der Waals surface area contributed by atoms with Crippen LogP contribution in [0, 0.1) is 11.3 Å². The van der Waals surface area contributed by atoms with Gasteiger partial charge in [0.15, 0.2) is 5.69 Å². The van der Waals surface area contributed by atoms with Crippen LogP contribution in [0.1, 0.15) is 5.69 Å². The highest BCUT2D eigenvalue weighted by Gasteiger charge is 2.29. The molecule has 1 aliphatic heterocycles. The van der Waals surface area contributed by atoms with E-state index in [1.807, 2.05) is 46.0 Å². The molecule has 0 unspecified atom stereocenters. The van der Waals surface area contributed by atoms with E-state index in [2.05, 4.69) is 20.3 Å². The number of hydrogen-bond acceptors (Lipinski definition) is 7. The lowest BCUT2D eigenvalue weighted by Gasteiger charge is -2.18. The average molecular weight is 364 g/mol. The van der Waals surface area contributed by atoms with Gasteiger partial charge in [0.1, 0.15) is 30.2 Å². The van der Waals surface area contributed by atoms with Gasteiger partial charge in [0.25, 0.3) is 0 Å². The summed E-state index contributed by atoms with van der Waals surface area (Å²) in [6, 6.07) is 9.26. The zero-order chi connectivity index (χ0) is 18.8. The quantitative estimate of drug-likeness (QED) is 0.726. The van der Waals surface area contributed by atoms with Gasteiger partial charge in [-0.1, -0.05) is 0 Å². The Hall–Kier alpha value is -3.51. The third-order valence-corrected chi connectivity index (χ3v) is 4.41. The summed E-state index contributed by atoms with van der Waals surface area (Å²) in [5.41, 5.74) is 7.87. The summed E-state index contributed by atoms with van der Waals surface area (Å²) in [6.07, 6.45) is 5.38. The van der Waals surface area contributed by atoms with Gasteiger partial charge in [-0.3, -0.25) is 0 Å². The minimum Gasteiger partial charge on any atom is -0.367 e. The fourth-order valence-electron chi connectivity index (χ4n) is 2.95. The van der Waals surface area contributed by atoms with Crippen LogP contribution in [-0.2, 0) is 0 Å². The number of hydrogen-bond donors (Lipinski definition) is 2. The minimum atomic E-state index is -0.989. The highest BCUT2D eigenvalue weighted by Crippen LogP contribution is 2.23. The molecule has 0 amide bonds. The van der Waals surface area contributed by atoms with Crippen LogP contribution in [0.15, 0.2) is 49.2 Å². The number of alkyl halides is 1. The van der Waals surface area contributed by atoms with Gasteiger partial charge in [0.2, 0.25) is 0 Å². The molecule has 8 nitrogen and oxygen atoms in total. The molecule has 0 bridgehead atoms. The molecule has 136 valence electrons. The molecule has 0 spiro atoms. The maximum absolute atomic E-state index is 13.6. The summed E-state index contributed by atoms with van der Waals surface area (Å²) in [7, 11) is 0. The third kappa shape index (κ3) is 3.56. The molecule has 2 aromatic heterocycles. The molecule has 3 heterocycles. The van der Waals surface area contributed by atoms with E-state index in [9.17, 15) is 4.39 Å². The maximum atomic E-state index is 13.6. The lowest BCUT2D eigenvalue weighted by atomic mass is 10.2. The molecule has 3 aromatic rings. The Kier molecular flexibility index (Phi) is 4.40. The first kappa shape index (κ1) is 16.9. The number of nitrogens with one attached hydrogen (secondary N) is 1. The SMILES string of the molecule is N#Cc1cnc(Nc2cn(-c3ccc(N4C[C@H](N)[C@@H](F)C4)cc3)cn2)cn1. The number of nitriles is 1. The van der Waals surface area contributed by atoms with Crippen molar-refractivity contribution < 1.29 is 4.39 Å². The highest BCUT2D eigenvalue weighted by atomic mass is 19.1. The number of rotatable bonds is 4. The van der Waals surface area contributed by atoms with Crippen molar-refractivity contribution in [3.63, 3.8) is 0 Å². The summed E-state index contributed by atoms with van der Waals surface area (Å²) in [6.45, 7) is 0.844. The van der Waals surface area contributed by atoms with Crippen LogP contribution in [-0.4, -0.2) is 44.8 Å². The van der Waals surface area contributed by atoms with Gasteiger partial charge < -0.3 is 20.5 Å². The Morgan fingerprint density at radius 1 is 1.07 bits per heavy atom. The monoisotopic (exact) mass is 364 g/mol. The van der Waals surface area contributed by atoms with E-state index in [0.29, 0.717) is 24.7 Å². The summed E-state index contributed by atoms with van der Waals surface area (Å²) in [4.78, 5) is 14.3. The van der Waals surface area contributed by atoms with Crippen molar-refractivity contribution in [3.8, 4) is 11.8 Å².